The number of hydrogen-bond donors (Lipinski definition) is 0. The second-order valence-electron chi connectivity index (χ2n) is 14.6. The summed E-state index contributed by atoms with van der Waals surface area (Å²) in [5.74, 6) is 2.18. The molecule has 0 unspecified atom stereocenters. The van der Waals surface area contributed by atoms with E-state index in [1.165, 1.54) is 97.3 Å². The quantitative estimate of drug-likeness (QED) is 0.182. The molecule has 3 aliphatic rings. The molecule has 0 bridgehead atoms. The molecule has 49 heavy (non-hydrogen) atoms. The Kier molecular flexibility index (Phi) is 8.21. The standard InChI is InChI=1S/C46H45N3/c1-5-13-32(14-6-1)37-23-27-44-40(29-37)41-30-38(33-15-7-2-8-16-33)24-28-45(41)49(44)39-25-21-35(22-26-39)43-31-42(34-17-9-3-10-18-34)47-46(48-43)36-19-11-4-12-20-36/h3-4,9-12,17-21,23-25,27-33H,1-2,5-8,13-16,22,26H2. The van der Waals surface area contributed by atoms with Crippen molar-refractivity contribution in [3.63, 3.8) is 0 Å². The molecule has 3 heteroatoms. The summed E-state index contributed by atoms with van der Waals surface area (Å²) in [6.45, 7) is 0. The van der Waals surface area contributed by atoms with E-state index in [2.05, 4.69) is 114 Å². The summed E-state index contributed by atoms with van der Waals surface area (Å²) in [6, 6.07) is 37.9. The maximum absolute atomic E-state index is 5.13. The van der Waals surface area contributed by atoms with Crippen LogP contribution in [0.2, 0.25) is 0 Å². The third-order valence-corrected chi connectivity index (χ3v) is 11.5. The minimum Gasteiger partial charge on any atom is -0.313 e. The van der Waals surface area contributed by atoms with Gasteiger partial charge in [0.25, 0.3) is 0 Å². The monoisotopic (exact) mass is 639 g/mol. The molecule has 244 valence electrons. The highest BCUT2D eigenvalue weighted by Crippen LogP contribution is 2.42. The molecule has 2 fully saturated rings. The van der Waals surface area contributed by atoms with E-state index in [0.717, 1.165) is 41.2 Å². The van der Waals surface area contributed by atoms with Crippen LogP contribution in [0.1, 0.15) is 106 Å². The fourth-order valence-corrected chi connectivity index (χ4v) is 8.86. The summed E-state index contributed by atoms with van der Waals surface area (Å²) < 4.78 is 2.57. The van der Waals surface area contributed by atoms with Crippen molar-refractivity contribution in [3.05, 3.63) is 132 Å². The molecule has 0 N–H and O–H groups in total. The summed E-state index contributed by atoms with van der Waals surface area (Å²) in [7, 11) is 0. The summed E-state index contributed by atoms with van der Waals surface area (Å²) in [5, 5.41) is 2.87. The highest BCUT2D eigenvalue weighted by molar-refractivity contribution is 6.10. The minimum atomic E-state index is 0.701. The van der Waals surface area contributed by atoms with Gasteiger partial charge >= 0.3 is 0 Å². The first-order valence-electron chi connectivity index (χ1n) is 18.8. The number of fused-ring (bicyclic) bond motifs is 3. The van der Waals surface area contributed by atoms with Crippen LogP contribution in [-0.2, 0) is 0 Å². The van der Waals surface area contributed by atoms with E-state index < -0.39 is 0 Å². The van der Waals surface area contributed by atoms with E-state index in [4.69, 9.17) is 9.97 Å². The highest BCUT2D eigenvalue weighted by atomic mass is 15.0. The zero-order chi connectivity index (χ0) is 32.6. The van der Waals surface area contributed by atoms with Crippen molar-refractivity contribution in [3.8, 4) is 22.6 Å². The predicted octanol–water partition coefficient (Wildman–Crippen LogP) is 12.7. The second kappa shape index (κ2) is 13.3. The zero-order valence-electron chi connectivity index (χ0n) is 28.5. The van der Waals surface area contributed by atoms with Crippen molar-refractivity contribution in [2.45, 2.75) is 88.9 Å². The molecular formula is C46H45N3. The molecule has 2 saturated carbocycles. The van der Waals surface area contributed by atoms with Crippen LogP contribution in [0.25, 0.3) is 55.7 Å². The Labute approximate surface area is 290 Å². The lowest BCUT2D eigenvalue weighted by atomic mass is 9.83. The molecule has 4 aromatic carbocycles. The normalized spacial score (nSPS) is 17.7. The van der Waals surface area contributed by atoms with Gasteiger partial charge in [0.05, 0.1) is 22.4 Å². The molecule has 2 aromatic heterocycles. The lowest BCUT2D eigenvalue weighted by molar-refractivity contribution is 0.444. The Morgan fingerprint density at radius 3 is 1.59 bits per heavy atom. The van der Waals surface area contributed by atoms with Gasteiger partial charge in [-0.1, -0.05) is 117 Å². The molecule has 0 saturated heterocycles. The van der Waals surface area contributed by atoms with Gasteiger partial charge in [0.1, 0.15) is 0 Å². The van der Waals surface area contributed by atoms with Gasteiger partial charge in [0.15, 0.2) is 5.82 Å². The first-order chi connectivity index (χ1) is 24.3. The van der Waals surface area contributed by atoms with Crippen LogP contribution in [0, 0.1) is 0 Å². The van der Waals surface area contributed by atoms with Crippen LogP contribution in [-0.4, -0.2) is 14.5 Å². The fourth-order valence-electron chi connectivity index (χ4n) is 8.86. The topological polar surface area (TPSA) is 30.7 Å². The number of rotatable bonds is 6. The van der Waals surface area contributed by atoms with E-state index >= 15 is 0 Å². The summed E-state index contributed by atoms with van der Waals surface area (Å²) in [4.78, 5) is 10.1. The van der Waals surface area contributed by atoms with Crippen molar-refractivity contribution < 1.29 is 0 Å². The maximum atomic E-state index is 5.13. The van der Waals surface area contributed by atoms with Crippen LogP contribution >= 0.6 is 0 Å². The summed E-state index contributed by atoms with van der Waals surface area (Å²) in [6.07, 6.45) is 20.1. The smallest absolute Gasteiger partial charge is 0.160 e. The number of hydrogen-bond acceptors (Lipinski definition) is 2. The molecule has 3 nitrogen and oxygen atoms in total. The van der Waals surface area contributed by atoms with Crippen LogP contribution in [0.5, 0.6) is 0 Å². The Balaban J connectivity index is 1.14. The Morgan fingerprint density at radius 1 is 0.490 bits per heavy atom. The third-order valence-electron chi connectivity index (χ3n) is 11.5. The van der Waals surface area contributed by atoms with Crippen LogP contribution in [0.3, 0.4) is 0 Å². The van der Waals surface area contributed by atoms with Crippen LogP contribution in [0.15, 0.2) is 115 Å². The maximum Gasteiger partial charge on any atom is 0.160 e. The van der Waals surface area contributed by atoms with Gasteiger partial charge in [0.2, 0.25) is 0 Å². The molecule has 0 amide bonds. The number of allylic oxidation sites excluding steroid dienone is 4. The Hall–Kier alpha value is -4.76. The van der Waals surface area contributed by atoms with Gasteiger partial charge in [0, 0.05) is 27.6 Å². The van der Waals surface area contributed by atoms with Crippen molar-refractivity contribution >= 4 is 33.1 Å². The van der Waals surface area contributed by atoms with E-state index in [9.17, 15) is 0 Å². The first-order valence-corrected chi connectivity index (χ1v) is 18.8. The lowest BCUT2D eigenvalue weighted by Gasteiger charge is -2.22. The van der Waals surface area contributed by atoms with E-state index in [-0.39, 0.29) is 0 Å². The molecule has 0 aliphatic heterocycles. The third kappa shape index (κ3) is 5.94. The fraction of sp³-hybridized carbons (Fsp3) is 0.304. The molecule has 3 aliphatic carbocycles. The largest absolute Gasteiger partial charge is 0.313 e. The molecule has 0 atom stereocenters. The average Bonchev–Trinajstić information content (AvgIpc) is 3.52. The zero-order valence-corrected chi connectivity index (χ0v) is 28.5. The summed E-state index contributed by atoms with van der Waals surface area (Å²) in [5.41, 5.74) is 12.5. The number of nitrogens with zero attached hydrogens (tertiary/aromatic N) is 3. The molecule has 2 heterocycles. The van der Waals surface area contributed by atoms with Crippen molar-refractivity contribution in [2.24, 2.45) is 0 Å². The minimum absolute atomic E-state index is 0.701. The van der Waals surface area contributed by atoms with Crippen LogP contribution < -0.4 is 0 Å². The number of aromatic nitrogens is 3. The van der Waals surface area contributed by atoms with E-state index in [1.807, 2.05) is 6.07 Å². The predicted molar refractivity (Wildman–Crippen MR) is 205 cm³/mol. The Morgan fingerprint density at radius 2 is 1.04 bits per heavy atom. The van der Waals surface area contributed by atoms with Gasteiger partial charge < -0.3 is 4.57 Å². The van der Waals surface area contributed by atoms with Gasteiger partial charge in [-0.3, -0.25) is 0 Å². The molecule has 0 spiro atoms. The molecule has 6 aromatic rings. The Bertz CT molecular complexity index is 2040. The first kappa shape index (κ1) is 30.3. The summed E-state index contributed by atoms with van der Waals surface area (Å²) >= 11 is 0. The van der Waals surface area contributed by atoms with Gasteiger partial charge in [-0.2, -0.15) is 0 Å². The van der Waals surface area contributed by atoms with Crippen molar-refractivity contribution in [1.82, 2.24) is 14.5 Å². The van der Waals surface area contributed by atoms with Gasteiger partial charge in [-0.05, 0) is 103 Å². The SMILES string of the molecule is C1=C(c2cc(-c3ccccc3)nc(-c3ccccc3)n2)CCC(n2c3ccc(C4CCCCC4)cc3c3cc(C4CCCCC4)ccc32)=C1. The molecular weight excluding hydrogens is 595 g/mol. The van der Waals surface area contributed by atoms with E-state index in [0.29, 0.717) is 11.8 Å². The average molecular weight is 640 g/mol. The van der Waals surface area contributed by atoms with E-state index in [1.54, 1.807) is 11.1 Å². The molecule has 9 rings (SSSR count). The van der Waals surface area contributed by atoms with Crippen molar-refractivity contribution in [2.75, 3.05) is 0 Å². The van der Waals surface area contributed by atoms with Crippen molar-refractivity contribution in [1.29, 1.82) is 0 Å². The van der Waals surface area contributed by atoms with Gasteiger partial charge in [-0.15, -0.1) is 0 Å². The highest BCUT2D eigenvalue weighted by Gasteiger charge is 2.23. The second-order valence-corrected chi connectivity index (χ2v) is 14.6. The molecule has 0 radical (unpaired) electrons. The van der Waals surface area contributed by atoms with Crippen LogP contribution in [0.4, 0.5) is 0 Å². The lowest BCUT2D eigenvalue weighted by Crippen LogP contribution is -2.05. The number of benzene rings is 4. The van der Waals surface area contributed by atoms with Gasteiger partial charge in [-0.25, -0.2) is 9.97 Å².